The summed E-state index contributed by atoms with van der Waals surface area (Å²) in [6.07, 6.45) is 4.96. The maximum Gasteiger partial charge on any atom is 0.181 e. The lowest BCUT2D eigenvalue weighted by Crippen LogP contribution is -2.50. The van der Waals surface area contributed by atoms with E-state index in [0.717, 1.165) is 0 Å². The van der Waals surface area contributed by atoms with Crippen molar-refractivity contribution in [2.45, 2.75) is 38.1 Å². The van der Waals surface area contributed by atoms with Crippen molar-refractivity contribution < 1.29 is 0 Å². The molecule has 1 saturated carbocycles. The molecule has 0 spiro atoms. The van der Waals surface area contributed by atoms with Crippen LogP contribution in [0.15, 0.2) is 0 Å². The van der Waals surface area contributed by atoms with E-state index >= 15 is 0 Å². The van der Waals surface area contributed by atoms with Crippen LogP contribution in [0.25, 0.3) is 0 Å². The Morgan fingerprint density at radius 2 is 2.00 bits per heavy atom. The van der Waals surface area contributed by atoms with E-state index in [0.29, 0.717) is 5.11 Å². The molecule has 0 atom stereocenters. The molecule has 1 fully saturated rings. The van der Waals surface area contributed by atoms with Crippen LogP contribution in [0.2, 0.25) is 0 Å². The Morgan fingerprint density at radius 3 is 2.45 bits per heavy atom. The highest BCUT2D eigenvalue weighted by molar-refractivity contribution is 7.80. The summed E-state index contributed by atoms with van der Waals surface area (Å²) in [6, 6.07) is 0. The molecule has 11 heavy (non-hydrogen) atoms. The van der Waals surface area contributed by atoms with Crippen molar-refractivity contribution in [1.82, 2.24) is 10.7 Å². The molecule has 0 heterocycles. The van der Waals surface area contributed by atoms with Gasteiger partial charge in [-0.05, 0) is 32.0 Å². The van der Waals surface area contributed by atoms with E-state index in [9.17, 15) is 0 Å². The molecule has 0 amide bonds. The van der Waals surface area contributed by atoms with Gasteiger partial charge in [0.05, 0.1) is 0 Å². The molecule has 0 aromatic carbocycles. The number of nitrogens with one attached hydrogen (secondary N) is 2. The number of hydrazine groups is 1. The van der Waals surface area contributed by atoms with Gasteiger partial charge in [0.25, 0.3) is 0 Å². The van der Waals surface area contributed by atoms with E-state index in [2.05, 4.69) is 17.7 Å². The van der Waals surface area contributed by atoms with Crippen LogP contribution in [-0.4, -0.2) is 10.7 Å². The third-order valence-corrected chi connectivity index (χ3v) is 2.47. The van der Waals surface area contributed by atoms with E-state index in [1.165, 1.54) is 25.7 Å². The van der Waals surface area contributed by atoms with Gasteiger partial charge in [0, 0.05) is 5.54 Å². The Balaban J connectivity index is 2.39. The summed E-state index contributed by atoms with van der Waals surface area (Å²) in [5.74, 6) is 5.16. The molecule has 1 rings (SSSR count). The van der Waals surface area contributed by atoms with Crippen LogP contribution in [0.4, 0.5) is 0 Å². The minimum atomic E-state index is 0.184. The zero-order valence-electron chi connectivity index (χ0n) is 6.81. The van der Waals surface area contributed by atoms with Gasteiger partial charge in [0.1, 0.15) is 0 Å². The molecular formula is C7H15N3S. The molecule has 4 heteroatoms. The number of hydrogen-bond donors (Lipinski definition) is 3. The molecule has 0 aliphatic heterocycles. The van der Waals surface area contributed by atoms with Crippen molar-refractivity contribution in [2.24, 2.45) is 5.84 Å². The second-order valence-electron chi connectivity index (χ2n) is 3.37. The van der Waals surface area contributed by atoms with Gasteiger partial charge in [-0.25, -0.2) is 5.84 Å². The first kappa shape index (κ1) is 8.74. The fraction of sp³-hybridized carbons (Fsp3) is 0.857. The third-order valence-electron chi connectivity index (χ3n) is 2.25. The fourth-order valence-corrected chi connectivity index (χ4v) is 1.84. The first-order valence-corrected chi connectivity index (χ1v) is 4.36. The van der Waals surface area contributed by atoms with Gasteiger partial charge < -0.3 is 10.7 Å². The highest BCUT2D eigenvalue weighted by atomic mass is 32.1. The average molecular weight is 173 g/mol. The molecule has 4 N–H and O–H groups in total. The van der Waals surface area contributed by atoms with Crippen LogP contribution < -0.4 is 16.6 Å². The summed E-state index contributed by atoms with van der Waals surface area (Å²) < 4.78 is 0. The fourth-order valence-electron chi connectivity index (χ4n) is 1.59. The van der Waals surface area contributed by atoms with Crippen molar-refractivity contribution in [3.63, 3.8) is 0 Å². The van der Waals surface area contributed by atoms with E-state index in [1.54, 1.807) is 0 Å². The molecule has 0 unspecified atom stereocenters. The van der Waals surface area contributed by atoms with Crippen molar-refractivity contribution >= 4 is 17.3 Å². The maximum atomic E-state index is 5.16. The summed E-state index contributed by atoms with van der Waals surface area (Å²) >= 11 is 4.92. The molecule has 3 nitrogen and oxygen atoms in total. The summed E-state index contributed by atoms with van der Waals surface area (Å²) in [5, 5.41) is 3.75. The summed E-state index contributed by atoms with van der Waals surface area (Å²) in [6.45, 7) is 2.18. The van der Waals surface area contributed by atoms with Crippen molar-refractivity contribution in [3.05, 3.63) is 0 Å². The van der Waals surface area contributed by atoms with Crippen LogP contribution in [0.5, 0.6) is 0 Å². The first-order valence-electron chi connectivity index (χ1n) is 3.95. The largest absolute Gasteiger partial charge is 0.357 e. The summed E-state index contributed by atoms with van der Waals surface area (Å²) in [4.78, 5) is 0. The highest BCUT2D eigenvalue weighted by Crippen LogP contribution is 2.28. The second-order valence-corrected chi connectivity index (χ2v) is 3.77. The Kier molecular flexibility index (Phi) is 2.67. The monoisotopic (exact) mass is 173 g/mol. The normalized spacial score (nSPS) is 21.3. The van der Waals surface area contributed by atoms with Gasteiger partial charge in [0.15, 0.2) is 5.11 Å². The standard InChI is InChI=1S/C7H15N3S/c1-7(4-2-3-5-7)9-6(11)10-8/h2-5,8H2,1H3,(H2,9,10,11). The van der Waals surface area contributed by atoms with Gasteiger partial charge in [-0.1, -0.05) is 12.8 Å². The van der Waals surface area contributed by atoms with Gasteiger partial charge in [-0.3, -0.25) is 0 Å². The zero-order valence-corrected chi connectivity index (χ0v) is 7.63. The SMILES string of the molecule is CC1(NC(=S)NN)CCCC1. The van der Waals surface area contributed by atoms with Crippen molar-refractivity contribution in [1.29, 1.82) is 0 Å². The highest BCUT2D eigenvalue weighted by Gasteiger charge is 2.28. The number of nitrogens with two attached hydrogens (primary N) is 1. The van der Waals surface area contributed by atoms with Crippen LogP contribution in [0.3, 0.4) is 0 Å². The maximum absolute atomic E-state index is 5.16. The zero-order chi connectivity index (χ0) is 8.32. The van der Waals surface area contributed by atoms with Gasteiger partial charge >= 0.3 is 0 Å². The van der Waals surface area contributed by atoms with Crippen molar-refractivity contribution in [3.8, 4) is 0 Å². The lowest BCUT2D eigenvalue weighted by Gasteiger charge is -2.26. The lowest BCUT2D eigenvalue weighted by molar-refractivity contribution is 0.429. The number of rotatable bonds is 1. The smallest absolute Gasteiger partial charge is 0.181 e. The Labute approximate surface area is 72.7 Å². The minimum absolute atomic E-state index is 0.184. The van der Waals surface area contributed by atoms with Crippen LogP contribution >= 0.6 is 12.2 Å². The van der Waals surface area contributed by atoms with Crippen LogP contribution in [0, 0.1) is 0 Å². The van der Waals surface area contributed by atoms with E-state index < -0.39 is 0 Å². The molecular weight excluding hydrogens is 158 g/mol. The van der Waals surface area contributed by atoms with Gasteiger partial charge in [-0.15, -0.1) is 0 Å². The topological polar surface area (TPSA) is 50.1 Å². The van der Waals surface area contributed by atoms with E-state index in [4.69, 9.17) is 18.1 Å². The molecule has 0 radical (unpaired) electrons. The van der Waals surface area contributed by atoms with Gasteiger partial charge in [-0.2, -0.15) is 0 Å². The lowest BCUT2D eigenvalue weighted by atomic mass is 10.0. The van der Waals surface area contributed by atoms with Crippen LogP contribution in [0.1, 0.15) is 32.6 Å². The Morgan fingerprint density at radius 1 is 1.45 bits per heavy atom. The predicted molar refractivity (Wildman–Crippen MR) is 49.9 cm³/mol. The second kappa shape index (κ2) is 3.36. The van der Waals surface area contributed by atoms with E-state index in [-0.39, 0.29) is 5.54 Å². The summed E-state index contributed by atoms with van der Waals surface area (Å²) in [7, 11) is 0. The average Bonchev–Trinajstić information content (AvgIpc) is 2.36. The number of thiocarbonyl (C=S) groups is 1. The first-order chi connectivity index (χ1) is 5.16. The quantitative estimate of drug-likeness (QED) is 0.310. The van der Waals surface area contributed by atoms with Crippen molar-refractivity contribution in [2.75, 3.05) is 0 Å². The third kappa shape index (κ3) is 2.31. The Bertz CT molecular complexity index is 152. The molecule has 0 aromatic rings. The molecule has 1 aliphatic rings. The molecule has 0 bridgehead atoms. The Hall–Kier alpha value is -0.350. The molecule has 0 aromatic heterocycles. The van der Waals surface area contributed by atoms with Gasteiger partial charge in [0.2, 0.25) is 0 Å². The van der Waals surface area contributed by atoms with E-state index in [1.807, 2.05) is 0 Å². The predicted octanol–water partition coefficient (Wildman–Crippen LogP) is 0.657. The molecule has 0 saturated heterocycles. The minimum Gasteiger partial charge on any atom is -0.357 e. The van der Waals surface area contributed by atoms with Crippen LogP contribution in [-0.2, 0) is 0 Å². The number of hydrogen-bond acceptors (Lipinski definition) is 2. The molecule has 64 valence electrons. The molecule has 1 aliphatic carbocycles. The summed E-state index contributed by atoms with van der Waals surface area (Å²) in [5.41, 5.74) is 2.62.